The fourth-order valence-corrected chi connectivity index (χ4v) is 3.90. The van der Waals surface area contributed by atoms with Gasteiger partial charge in [-0.2, -0.15) is 5.10 Å². The SMILES string of the molecule is O=C1c2[nH]nc(-c3ccccc3)c2[C@@H](c2ccc(Cl)cc2)N1c1ccccc1. The fraction of sp³-hybridized carbons (Fsp3) is 0.0435. The summed E-state index contributed by atoms with van der Waals surface area (Å²) >= 11 is 6.11. The molecule has 28 heavy (non-hydrogen) atoms. The van der Waals surface area contributed by atoms with Crippen LogP contribution >= 0.6 is 11.6 Å². The van der Waals surface area contributed by atoms with Gasteiger partial charge in [0, 0.05) is 21.8 Å². The highest BCUT2D eigenvalue weighted by Gasteiger charge is 2.42. The summed E-state index contributed by atoms with van der Waals surface area (Å²) in [6.45, 7) is 0. The maximum Gasteiger partial charge on any atom is 0.277 e. The van der Waals surface area contributed by atoms with E-state index >= 15 is 0 Å². The Hall–Kier alpha value is -3.37. The van der Waals surface area contributed by atoms with Crippen LogP contribution in [0.2, 0.25) is 5.02 Å². The number of fused-ring (bicyclic) bond motifs is 1. The van der Waals surface area contributed by atoms with Crippen LogP contribution in [-0.4, -0.2) is 16.1 Å². The smallest absolute Gasteiger partial charge is 0.277 e. The van der Waals surface area contributed by atoms with Crippen molar-refractivity contribution in [3.8, 4) is 11.3 Å². The van der Waals surface area contributed by atoms with Gasteiger partial charge in [-0.3, -0.25) is 14.8 Å². The van der Waals surface area contributed by atoms with E-state index in [4.69, 9.17) is 11.6 Å². The summed E-state index contributed by atoms with van der Waals surface area (Å²) in [6, 6.07) is 27.0. The highest BCUT2D eigenvalue weighted by atomic mass is 35.5. The van der Waals surface area contributed by atoms with Crippen LogP contribution in [0.3, 0.4) is 0 Å². The summed E-state index contributed by atoms with van der Waals surface area (Å²) < 4.78 is 0. The number of carbonyl (C=O) groups excluding carboxylic acids is 1. The van der Waals surface area contributed by atoms with E-state index in [0.717, 1.165) is 28.1 Å². The van der Waals surface area contributed by atoms with Gasteiger partial charge in [-0.15, -0.1) is 0 Å². The lowest BCUT2D eigenvalue weighted by atomic mass is 9.96. The van der Waals surface area contributed by atoms with Crippen LogP contribution in [0.4, 0.5) is 5.69 Å². The lowest BCUT2D eigenvalue weighted by molar-refractivity contribution is 0.0989. The molecule has 1 amide bonds. The van der Waals surface area contributed by atoms with Gasteiger partial charge in [0.05, 0.1) is 11.7 Å². The molecule has 1 aliphatic heterocycles. The van der Waals surface area contributed by atoms with Crippen LogP contribution in [0, 0.1) is 0 Å². The number of hydrogen-bond acceptors (Lipinski definition) is 2. The molecule has 0 fully saturated rings. The molecule has 136 valence electrons. The summed E-state index contributed by atoms with van der Waals surface area (Å²) in [6.07, 6.45) is 0. The highest BCUT2D eigenvalue weighted by molar-refractivity contribution is 6.30. The number of H-pyrrole nitrogens is 1. The van der Waals surface area contributed by atoms with Crippen molar-refractivity contribution in [2.45, 2.75) is 6.04 Å². The van der Waals surface area contributed by atoms with Crippen molar-refractivity contribution in [2.24, 2.45) is 0 Å². The Morgan fingerprint density at radius 3 is 2.18 bits per heavy atom. The Kier molecular flexibility index (Phi) is 3.99. The molecular weight excluding hydrogens is 370 g/mol. The molecule has 0 saturated carbocycles. The molecule has 1 aromatic heterocycles. The Balaban J connectivity index is 1.73. The van der Waals surface area contributed by atoms with Gasteiger partial charge in [-0.05, 0) is 29.8 Å². The van der Waals surface area contributed by atoms with Crippen LogP contribution in [0.25, 0.3) is 11.3 Å². The quantitative estimate of drug-likeness (QED) is 0.507. The molecule has 4 aromatic rings. The molecule has 2 heterocycles. The molecule has 1 N–H and O–H groups in total. The van der Waals surface area contributed by atoms with E-state index in [1.54, 1.807) is 0 Å². The summed E-state index contributed by atoms with van der Waals surface area (Å²) in [5, 5.41) is 8.12. The first-order chi connectivity index (χ1) is 13.7. The first-order valence-corrected chi connectivity index (χ1v) is 9.39. The van der Waals surface area contributed by atoms with Crippen molar-refractivity contribution in [3.05, 3.63) is 107 Å². The Morgan fingerprint density at radius 2 is 1.50 bits per heavy atom. The van der Waals surface area contributed by atoms with Gasteiger partial charge in [0.2, 0.25) is 0 Å². The fourth-order valence-electron chi connectivity index (χ4n) is 3.78. The third kappa shape index (κ3) is 2.62. The number of aromatic nitrogens is 2. The molecule has 0 aliphatic carbocycles. The second kappa shape index (κ2) is 6.66. The van der Waals surface area contributed by atoms with Crippen LogP contribution in [-0.2, 0) is 0 Å². The van der Waals surface area contributed by atoms with Gasteiger partial charge in [-0.1, -0.05) is 72.3 Å². The van der Waals surface area contributed by atoms with E-state index < -0.39 is 0 Å². The van der Waals surface area contributed by atoms with Crippen molar-refractivity contribution in [3.63, 3.8) is 0 Å². The Bertz CT molecular complexity index is 1140. The monoisotopic (exact) mass is 385 g/mol. The van der Waals surface area contributed by atoms with Crippen LogP contribution in [0.1, 0.15) is 27.7 Å². The molecule has 0 spiro atoms. The normalized spacial score (nSPS) is 15.7. The molecule has 4 nitrogen and oxygen atoms in total. The predicted octanol–water partition coefficient (Wildman–Crippen LogP) is 5.48. The van der Waals surface area contributed by atoms with E-state index in [1.807, 2.05) is 89.8 Å². The third-order valence-corrected chi connectivity index (χ3v) is 5.29. The van der Waals surface area contributed by atoms with Crippen molar-refractivity contribution < 1.29 is 4.79 Å². The second-order valence-electron chi connectivity index (χ2n) is 6.69. The molecule has 5 rings (SSSR count). The average molecular weight is 386 g/mol. The Labute approximate surface area is 167 Å². The van der Waals surface area contributed by atoms with Crippen LogP contribution in [0.5, 0.6) is 0 Å². The largest absolute Gasteiger partial charge is 0.295 e. The van der Waals surface area contributed by atoms with Crippen molar-refractivity contribution >= 4 is 23.2 Å². The maximum absolute atomic E-state index is 13.3. The van der Waals surface area contributed by atoms with Crippen molar-refractivity contribution in [1.82, 2.24) is 10.2 Å². The minimum absolute atomic E-state index is 0.0872. The van der Waals surface area contributed by atoms with Gasteiger partial charge in [0.1, 0.15) is 5.69 Å². The number of halogens is 1. The minimum Gasteiger partial charge on any atom is -0.295 e. The van der Waals surface area contributed by atoms with E-state index in [-0.39, 0.29) is 11.9 Å². The standard InChI is InChI=1S/C23H16ClN3O/c24-17-13-11-16(12-14-17)22-19-20(15-7-3-1-4-8-15)25-26-21(19)23(28)27(22)18-9-5-2-6-10-18/h1-14,22H,(H,25,26)/t22-/m1/s1. The average Bonchev–Trinajstić information content (AvgIpc) is 3.29. The molecule has 1 atom stereocenters. The number of carbonyl (C=O) groups is 1. The molecular formula is C23H16ClN3O. The molecule has 3 aromatic carbocycles. The van der Waals surface area contributed by atoms with Crippen LogP contribution in [0.15, 0.2) is 84.9 Å². The van der Waals surface area contributed by atoms with Gasteiger partial charge < -0.3 is 0 Å². The highest BCUT2D eigenvalue weighted by Crippen LogP contribution is 2.44. The zero-order valence-corrected chi connectivity index (χ0v) is 15.6. The number of benzene rings is 3. The zero-order chi connectivity index (χ0) is 19.1. The van der Waals surface area contributed by atoms with Gasteiger partial charge >= 0.3 is 0 Å². The summed E-state index contributed by atoms with van der Waals surface area (Å²) in [5.74, 6) is -0.0872. The lowest BCUT2D eigenvalue weighted by Crippen LogP contribution is -2.29. The van der Waals surface area contributed by atoms with Gasteiger partial charge in [-0.25, -0.2) is 0 Å². The number of nitrogens with zero attached hydrogens (tertiary/aromatic N) is 2. The number of anilines is 1. The first-order valence-electron chi connectivity index (χ1n) is 9.02. The predicted molar refractivity (Wildman–Crippen MR) is 111 cm³/mol. The van der Waals surface area contributed by atoms with Gasteiger partial charge in [0.15, 0.2) is 0 Å². The number of aromatic amines is 1. The third-order valence-electron chi connectivity index (χ3n) is 5.04. The molecule has 0 saturated heterocycles. The Morgan fingerprint density at radius 1 is 0.857 bits per heavy atom. The molecule has 0 bridgehead atoms. The summed E-state index contributed by atoms with van der Waals surface area (Å²) in [4.78, 5) is 15.1. The van der Waals surface area contributed by atoms with E-state index in [0.29, 0.717) is 10.7 Å². The molecule has 5 heteroatoms. The minimum atomic E-state index is -0.281. The molecule has 0 unspecified atom stereocenters. The number of rotatable bonds is 3. The number of amides is 1. The zero-order valence-electron chi connectivity index (χ0n) is 14.8. The van der Waals surface area contributed by atoms with E-state index in [9.17, 15) is 4.79 Å². The molecule has 1 aliphatic rings. The van der Waals surface area contributed by atoms with Crippen molar-refractivity contribution in [1.29, 1.82) is 0 Å². The topological polar surface area (TPSA) is 49.0 Å². The van der Waals surface area contributed by atoms with Gasteiger partial charge in [0.25, 0.3) is 5.91 Å². The summed E-state index contributed by atoms with van der Waals surface area (Å²) in [5.41, 5.74) is 5.02. The van der Waals surface area contributed by atoms with Crippen LogP contribution < -0.4 is 4.90 Å². The van der Waals surface area contributed by atoms with E-state index in [1.165, 1.54) is 0 Å². The number of para-hydroxylation sites is 1. The molecule has 0 radical (unpaired) electrons. The number of nitrogens with one attached hydrogen (secondary N) is 1. The first kappa shape index (κ1) is 16.8. The van der Waals surface area contributed by atoms with Crippen molar-refractivity contribution in [2.75, 3.05) is 4.90 Å². The second-order valence-corrected chi connectivity index (χ2v) is 7.13. The van der Waals surface area contributed by atoms with E-state index in [2.05, 4.69) is 10.2 Å². The maximum atomic E-state index is 13.3. The number of hydrogen-bond donors (Lipinski definition) is 1. The lowest BCUT2D eigenvalue weighted by Gasteiger charge is -2.26. The summed E-state index contributed by atoms with van der Waals surface area (Å²) in [7, 11) is 0.